The molecule has 164 valence electrons. The van der Waals surface area contributed by atoms with Crippen molar-refractivity contribution < 1.29 is 14.8 Å². The lowest BCUT2D eigenvalue weighted by atomic mass is 9.95. The van der Waals surface area contributed by atoms with Gasteiger partial charge in [-0.25, -0.2) is 0 Å². The normalized spacial score (nSPS) is 15.0. The quantitative estimate of drug-likeness (QED) is 0.318. The van der Waals surface area contributed by atoms with Crippen molar-refractivity contribution in [3.05, 3.63) is 110 Å². The van der Waals surface area contributed by atoms with Gasteiger partial charge in [-0.05, 0) is 35.4 Å². The predicted octanol–water partition coefficient (Wildman–Crippen LogP) is 5.09. The van der Waals surface area contributed by atoms with Crippen LogP contribution in [0.15, 0.2) is 72.8 Å². The average molecular weight is 461 g/mol. The number of aromatic hydroxyl groups is 1. The van der Waals surface area contributed by atoms with E-state index in [0.29, 0.717) is 33.1 Å². The number of non-ortho nitro benzene ring substituents is 1. The molecule has 1 aliphatic rings. The number of fused-ring (bicyclic) bond motifs is 1. The molecule has 1 atom stereocenters. The molecule has 0 spiro atoms. The highest BCUT2D eigenvalue weighted by Gasteiger charge is 2.42. The maximum absolute atomic E-state index is 13.4. The van der Waals surface area contributed by atoms with E-state index in [2.05, 4.69) is 10.2 Å². The number of aromatic amines is 1. The zero-order chi connectivity index (χ0) is 23.1. The standard InChI is InChI=1S/C24H17ClN4O4/c25-16-10-8-14(9-11-16)13-28-23(15-4-3-5-17(12-15)29(32)33)20-21(26-27-22(20)24(28)31)18-6-1-2-7-19(18)30/h1-12,23,30H,13H2,(H,26,27). The van der Waals surface area contributed by atoms with Crippen molar-refractivity contribution in [2.24, 2.45) is 0 Å². The number of nitro groups is 1. The second kappa shape index (κ2) is 8.07. The highest BCUT2D eigenvalue weighted by atomic mass is 35.5. The number of halogens is 1. The van der Waals surface area contributed by atoms with E-state index in [0.717, 1.165) is 5.56 Å². The molecule has 2 N–H and O–H groups in total. The van der Waals surface area contributed by atoms with Gasteiger partial charge in [0.2, 0.25) is 0 Å². The monoisotopic (exact) mass is 460 g/mol. The van der Waals surface area contributed by atoms with Crippen LogP contribution in [0.3, 0.4) is 0 Å². The van der Waals surface area contributed by atoms with Crippen LogP contribution in [0, 0.1) is 10.1 Å². The van der Waals surface area contributed by atoms with Crippen LogP contribution >= 0.6 is 11.6 Å². The largest absolute Gasteiger partial charge is 0.507 e. The van der Waals surface area contributed by atoms with Crippen LogP contribution in [-0.2, 0) is 6.54 Å². The Kier molecular flexibility index (Phi) is 5.07. The number of aromatic nitrogens is 2. The highest BCUT2D eigenvalue weighted by Crippen LogP contribution is 2.45. The summed E-state index contributed by atoms with van der Waals surface area (Å²) in [6.45, 7) is 0.256. The Labute approximate surface area is 193 Å². The Morgan fingerprint density at radius 3 is 2.58 bits per heavy atom. The molecular weight excluding hydrogens is 444 g/mol. The van der Waals surface area contributed by atoms with Crippen molar-refractivity contribution in [3.8, 4) is 17.0 Å². The van der Waals surface area contributed by atoms with Crippen LogP contribution in [0.5, 0.6) is 5.75 Å². The molecule has 8 nitrogen and oxygen atoms in total. The lowest BCUT2D eigenvalue weighted by Crippen LogP contribution is -2.29. The molecule has 1 unspecified atom stereocenters. The number of H-pyrrole nitrogens is 1. The minimum atomic E-state index is -0.642. The van der Waals surface area contributed by atoms with Crippen molar-refractivity contribution in [3.63, 3.8) is 0 Å². The van der Waals surface area contributed by atoms with Gasteiger partial charge in [-0.15, -0.1) is 0 Å². The molecule has 0 radical (unpaired) electrons. The van der Waals surface area contributed by atoms with E-state index < -0.39 is 11.0 Å². The Bertz CT molecular complexity index is 1380. The number of benzene rings is 3. The van der Waals surface area contributed by atoms with E-state index in [1.54, 1.807) is 53.4 Å². The Balaban J connectivity index is 1.68. The molecule has 0 aliphatic carbocycles. The number of nitrogens with zero attached hydrogens (tertiary/aromatic N) is 3. The maximum atomic E-state index is 13.4. The van der Waals surface area contributed by atoms with E-state index in [1.807, 2.05) is 12.1 Å². The molecule has 1 amide bonds. The summed E-state index contributed by atoms with van der Waals surface area (Å²) < 4.78 is 0. The third-order valence-corrected chi connectivity index (χ3v) is 5.94. The van der Waals surface area contributed by atoms with Crippen molar-refractivity contribution in [1.29, 1.82) is 0 Å². The number of phenolic OH excluding ortho intramolecular Hbond substituents is 1. The van der Waals surface area contributed by atoms with Crippen LogP contribution < -0.4 is 0 Å². The Morgan fingerprint density at radius 2 is 1.85 bits per heavy atom. The molecule has 9 heteroatoms. The number of nitrogens with one attached hydrogen (secondary N) is 1. The smallest absolute Gasteiger partial charge is 0.273 e. The van der Waals surface area contributed by atoms with Gasteiger partial charge >= 0.3 is 0 Å². The van der Waals surface area contributed by atoms with Crippen LogP contribution in [-0.4, -0.2) is 31.0 Å². The Hall–Kier alpha value is -4.17. The summed E-state index contributed by atoms with van der Waals surface area (Å²) in [5.41, 5.74) is 3.09. The molecule has 0 fully saturated rings. The molecule has 0 saturated heterocycles. The average Bonchev–Trinajstić information content (AvgIpc) is 3.35. The summed E-state index contributed by atoms with van der Waals surface area (Å²) in [6, 6.07) is 19.4. The lowest BCUT2D eigenvalue weighted by Gasteiger charge is -2.26. The van der Waals surface area contributed by atoms with Crippen LogP contribution in [0.25, 0.3) is 11.3 Å². The number of para-hydroxylation sites is 1. The van der Waals surface area contributed by atoms with Gasteiger partial charge in [0, 0.05) is 34.8 Å². The zero-order valence-corrected chi connectivity index (χ0v) is 17.9. The molecule has 2 heterocycles. The SMILES string of the molecule is O=C1c2[nH]nc(-c3ccccc3O)c2C(c2cccc([N+](=O)[O-])c2)N1Cc1ccc(Cl)cc1. The third kappa shape index (κ3) is 3.60. The molecule has 3 aromatic carbocycles. The first-order chi connectivity index (χ1) is 15.9. The summed E-state index contributed by atoms with van der Waals surface area (Å²) in [5, 5.41) is 29.6. The van der Waals surface area contributed by atoms with Crippen molar-refractivity contribution in [2.75, 3.05) is 0 Å². The molecule has 1 aromatic heterocycles. The summed E-state index contributed by atoms with van der Waals surface area (Å²) in [5.74, 6) is -0.265. The van der Waals surface area contributed by atoms with E-state index in [4.69, 9.17) is 11.6 Å². The number of carbonyl (C=O) groups excluding carboxylic acids is 1. The molecule has 5 rings (SSSR count). The van der Waals surface area contributed by atoms with E-state index in [-0.39, 0.29) is 23.9 Å². The fourth-order valence-electron chi connectivity index (χ4n) is 4.18. The summed E-state index contributed by atoms with van der Waals surface area (Å²) >= 11 is 6.01. The fraction of sp³-hybridized carbons (Fsp3) is 0.0833. The first-order valence-electron chi connectivity index (χ1n) is 10.1. The number of rotatable bonds is 5. The van der Waals surface area contributed by atoms with Crippen LogP contribution in [0.1, 0.15) is 33.2 Å². The lowest BCUT2D eigenvalue weighted by molar-refractivity contribution is -0.384. The minimum absolute atomic E-state index is 0.0215. The van der Waals surface area contributed by atoms with Crippen molar-refractivity contribution in [2.45, 2.75) is 12.6 Å². The van der Waals surface area contributed by atoms with Gasteiger partial charge < -0.3 is 10.0 Å². The first kappa shape index (κ1) is 20.7. The molecule has 0 bridgehead atoms. The van der Waals surface area contributed by atoms with Gasteiger partial charge in [-0.2, -0.15) is 5.10 Å². The highest BCUT2D eigenvalue weighted by molar-refractivity contribution is 6.30. The number of carbonyl (C=O) groups is 1. The summed E-state index contributed by atoms with van der Waals surface area (Å²) in [7, 11) is 0. The summed E-state index contributed by atoms with van der Waals surface area (Å²) in [4.78, 5) is 26.0. The number of nitro benzene ring substituents is 1. The Morgan fingerprint density at radius 1 is 1.09 bits per heavy atom. The number of hydrogen-bond donors (Lipinski definition) is 2. The minimum Gasteiger partial charge on any atom is -0.507 e. The number of amides is 1. The topological polar surface area (TPSA) is 112 Å². The van der Waals surface area contributed by atoms with Crippen LogP contribution in [0.4, 0.5) is 5.69 Å². The molecule has 1 aliphatic heterocycles. The van der Waals surface area contributed by atoms with Crippen LogP contribution in [0.2, 0.25) is 5.02 Å². The van der Waals surface area contributed by atoms with Gasteiger partial charge in [0.1, 0.15) is 17.1 Å². The van der Waals surface area contributed by atoms with Crippen molar-refractivity contribution in [1.82, 2.24) is 15.1 Å². The fourth-order valence-corrected chi connectivity index (χ4v) is 4.31. The number of hydrogen-bond acceptors (Lipinski definition) is 5. The van der Waals surface area contributed by atoms with Gasteiger partial charge in [-0.1, -0.05) is 48.0 Å². The second-order valence-corrected chi connectivity index (χ2v) is 8.13. The second-order valence-electron chi connectivity index (χ2n) is 7.69. The van der Waals surface area contributed by atoms with Gasteiger partial charge in [0.05, 0.1) is 11.0 Å². The molecule has 4 aromatic rings. The van der Waals surface area contributed by atoms with Crippen molar-refractivity contribution >= 4 is 23.2 Å². The molecule has 33 heavy (non-hydrogen) atoms. The van der Waals surface area contributed by atoms with Gasteiger partial charge in [0.25, 0.3) is 11.6 Å². The third-order valence-electron chi connectivity index (χ3n) is 5.69. The van der Waals surface area contributed by atoms with E-state index in [1.165, 1.54) is 12.1 Å². The van der Waals surface area contributed by atoms with Gasteiger partial charge in [0.15, 0.2) is 0 Å². The zero-order valence-electron chi connectivity index (χ0n) is 17.1. The number of phenols is 1. The predicted molar refractivity (Wildman–Crippen MR) is 122 cm³/mol. The van der Waals surface area contributed by atoms with Gasteiger partial charge in [-0.3, -0.25) is 20.0 Å². The van der Waals surface area contributed by atoms with E-state index >= 15 is 0 Å². The molecule has 0 saturated carbocycles. The van der Waals surface area contributed by atoms with E-state index in [9.17, 15) is 20.0 Å². The maximum Gasteiger partial charge on any atom is 0.273 e. The first-order valence-corrected chi connectivity index (χ1v) is 10.5. The molecular formula is C24H17ClN4O4. The summed E-state index contributed by atoms with van der Waals surface area (Å²) in [6.07, 6.45) is 0.